The molecule has 4 nitrogen and oxygen atoms in total. The number of fused-ring (bicyclic) bond motifs is 1. The van der Waals surface area contributed by atoms with Crippen LogP contribution >= 0.6 is 0 Å². The van der Waals surface area contributed by atoms with Crippen LogP contribution in [0.25, 0.3) is 0 Å². The van der Waals surface area contributed by atoms with E-state index in [9.17, 15) is 9.59 Å². The van der Waals surface area contributed by atoms with Crippen molar-refractivity contribution in [3.63, 3.8) is 0 Å². The number of carbonyl (C=O) groups is 2. The number of hydrogen-bond acceptors (Lipinski definition) is 3. The molecule has 2 aromatic rings. The largest absolute Gasteiger partial charge is 0.449 e. The summed E-state index contributed by atoms with van der Waals surface area (Å²) in [5.74, 6) is -0.664. The van der Waals surface area contributed by atoms with Crippen LogP contribution in [0.15, 0.2) is 54.6 Å². The Balaban J connectivity index is 1.70. The van der Waals surface area contributed by atoms with E-state index in [0.29, 0.717) is 12.1 Å². The van der Waals surface area contributed by atoms with Crippen LogP contribution in [0.4, 0.5) is 5.69 Å². The number of carbonyl (C=O) groups excluding carboxylic acids is 2. The highest BCUT2D eigenvalue weighted by molar-refractivity contribution is 6.00. The molecule has 1 atom stereocenters. The molecule has 0 aliphatic carbocycles. The predicted octanol–water partition coefficient (Wildman–Crippen LogP) is 2.82. The number of anilines is 1. The van der Waals surface area contributed by atoms with E-state index in [0.717, 1.165) is 17.7 Å². The van der Waals surface area contributed by atoms with E-state index >= 15 is 0 Å². The Bertz CT molecular complexity index is 696. The summed E-state index contributed by atoms with van der Waals surface area (Å²) in [6, 6.07) is 16.5. The molecule has 1 aliphatic heterocycles. The first-order chi connectivity index (χ1) is 10.7. The summed E-state index contributed by atoms with van der Waals surface area (Å²) in [5, 5.41) is 0. The van der Waals surface area contributed by atoms with E-state index in [1.54, 1.807) is 36.1 Å². The number of nitrogens with zero attached hydrogens (tertiary/aromatic N) is 1. The van der Waals surface area contributed by atoms with Gasteiger partial charge in [-0.2, -0.15) is 0 Å². The lowest BCUT2D eigenvalue weighted by Crippen LogP contribution is -2.39. The third kappa shape index (κ3) is 2.72. The van der Waals surface area contributed by atoms with Gasteiger partial charge in [-0.15, -0.1) is 0 Å². The molecule has 1 aliphatic rings. The first-order valence-corrected chi connectivity index (χ1v) is 7.32. The molecule has 0 saturated carbocycles. The average Bonchev–Trinajstić information content (AvgIpc) is 2.99. The molecular formula is C18H17NO3. The Hall–Kier alpha value is -2.62. The van der Waals surface area contributed by atoms with Crippen molar-refractivity contribution in [2.75, 3.05) is 11.4 Å². The molecule has 22 heavy (non-hydrogen) atoms. The lowest BCUT2D eigenvalue weighted by atomic mass is 10.2. The molecule has 0 saturated heterocycles. The topological polar surface area (TPSA) is 46.6 Å². The zero-order valence-electron chi connectivity index (χ0n) is 12.4. The minimum atomic E-state index is -0.807. The molecule has 0 fully saturated rings. The molecule has 1 amide bonds. The number of amides is 1. The number of benzene rings is 2. The third-order valence-electron chi connectivity index (χ3n) is 3.79. The summed E-state index contributed by atoms with van der Waals surface area (Å²) in [7, 11) is 0. The molecule has 0 N–H and O–H groups in total. The molecule has 1 heterocycles. The highest BCUT2D eigenvalue weighted by atomic mass is 16.5. The van der Waals surface area contributed by atoms with Gasteiger partial charge in [-0.25, -0.2) is 4.79 Å². The number of ether oxygens (including phenoxy) is 1. The van der Waals surface area contributed by atoms with Crippen molar-refractivity contribution in [2.45, 2.75) is 19.4 Å². The Morgan fingerprint density at radius 1 is 1.05 bits per heavy atom. The van der Waals surface area contributed by atoms with Crippen molar-refractivity contribution in [3.05, 3.63) is 65.7 Å². The third-order valence-corrected chi connectivity index (χ3v) is 3.79. The second-order valence-corrected chi connectivity index (χ2v) is 5.28. The average molecular weight is 295 g/mol. The molecule has 0 radical (unpaired) electrons. The summed E-state index contributed by atoms with van der Waals surface area (Å²) < 4.78 is 5.30. The van der Waals surface area contributed by atoms with Gasteiger partial charge in [0.2, 0.25) is 0 Å². The molecule has 4 heteroatoms. The standard InChI is InChI=1S/C18H17NO3/c1-13(22-18(21)15-8-3-2-4-9-15)17(20)19-12-11-14-7-5-6-10-16(14)19/h2-10,13H,11-12H2,1H3/t13-/m1/s1. The minimum Gasteiger partial charge on any atom is -0.449 e. The minimum absolute atomic E-state index is 0.186. The fraction of sp³-hybridized carbons (Fsp3) is 0.222. The normalized spacial score (nSPS) is 14.3. The number of esters is 1. The quantitative estimate of drug-likeness (QED) is 0.818. The van der Waals surface area contributed by atoms with Crippen molar-refractivity contribution in [3.8, 4) is 0 Å². The SMILES string of the molecule is C[C@@H](OC(=O)c1ccccc1)C(=O)N1CCc2ccccc21. The van der Waals surface area contributed by atoms with Crippen LogP contribution in [0.5, 0.6) is 0 Å². The second kappa shape index (κ2) is 6.02. The first-order valence-electron chi connectivity index (χ1n) is 7.32. The van der Waals surface area contributed by atoms with Crippen LogP contribution in [-0.4, -0.2) is 24.5 Å². The fourth-order valence-corrected chi connectivity index (χ4v) is 2.64. The monoisotopic (exact) mass is 295 g/mol. The summed E-state index contributed by atoms with van der Waals surface area (Å²) >= 11 is 0. The highest BCUT2D eigenvalue weighted by Gasteiger charge is 2.29. The maximum absolute atomic E-state index is 12.5. The van der Waals surface area contributed by atoms with Gasteiger partial charge >= 0.3 is 5.97 Å². The Kier molecular flexibility index (Phi) is 3.92. The van der Waals surface area contributed by atoms with Gasteiger partial charge in [0, 0.05) is 12.2 Å². The highest BCUT2D eigenvalue weighted by Crippen LogP contribution is 2.28. The fourth-order valence-electron chi connectivity index (χ4n) is 2.64. The van der Waals surface area contributed by atoms with Gasteiger partial charge in [0.05, 0.1) is 5.56 Å². The van der Waals surface area contributed by atoms with Crippen LogP contribution in [0.1, 0.15) is 22.8 Å². The van der Waals surface area contributed by atoms with Crippen LogP contribution in [0.3, 0.4) is 0 Å². The van der Waals surface area contributed by atoms with E-state index in [1.807, 2.05) is 30.3 Å². The zero-order valence-corrected chi connectivity index (χ0v) is 12.4. The molecule has 0 aromatic heterocycles. The Morgan fingerprint density at radius 2 is 1.73 bits per heavy atom. The van der Waals surface area contributed by atoms with Gasteiger partial charge in [0.15, 0.2) is 6.10 Å². The van der Waals surface area contributed by atoms with Gasteiger partial charge < -0.3 is 9.64 Å². The second-order valence-electron chi connectivity index (χ2n) is 5.28. The molecule has 0 spiro atoms. The summed E-state index contributed by atoms with van der Waals surface area (Å²) in [5.41, 5.74) is 2.51. The van der Waals surface area contributed by atoms with Crippen molar-refractivity contribution < 1.29 is 14.3 Å². The van der Waals surface area contributed by atoms with E-state index in [4.69, 9.17) is 4.74 Å². The van der Waals surface area contributed by atoms with Crippen molar-refractivity contribution in [1.82, 2.24) is 0 Å². The van der Waals surface area contributed by atoms with Crippen molar-refractivity contribution in [1.29, 1.82) is 0 Å². The van der Waals surface area contributed by atoms with Crippen LogP contribution in [0, 0.1) is 0 Å². The molecule has 0 bridgehead atoms. The van der Waals surface area contributed by atoms with E-state index in [2.05, 4.69) is 0 Å². The molecule has 2 aromatic carbocycles. The van der Waals surface area contributed by atoms with E-state index in [1.165, 1.54) is 0 Å². The van der Waals surface area contributed by atoms with Gasteiger partial charge in [0.1, 0.15) is 0 Å². The predicted molar refractivity (Wildman–Crippen MR) is 83.8 cm³/mol. The van der Waals surface area contributed by atoms with Crippen LogP contribution in [-0.2, 0) is 16.0 Å². The van der Waals surface area contributed by atoms with Gasteiger partial charge in [0.25, 0.3) is 5.91 Å². The Morgan fingerprint density at radius 3 is 2.50 bits per heavy atom. The molecule has 3 rings (SSSR count). The zero-order chi connectivity index (χ0) is 15.5. The van der Waals surface area contributed by atoms with E-state index < -0.39 is 12.1 Å². The van der Waals surface area contributed by atoms with Gasteiger partial charge in [-0.1, -0.05) is 36.4 Å². The van der Waals surface area contributed by atoms with Gasteiger partial charge in [-0.05, 0) is 37.1 Å². The van der Waals surface area contributed by atoms with Crippen LogP contribution < -0.4 is 4.90 Å². The smallest absolute Gasteiger partial charge is 0.338 e. The van der Waals surface area contributed by atoms with Crippen molar-refractivity contribution >= 4 is 17.6 Å². The maximum atomic E-state index is 12.5. The first kappa shape index (κ1) is 14.3. The summed E-state index contributed by atoms with van der Waals surface area (Å²) in [4.78, 5) is 26.2. The molecule has 112 valence electrons. The lowest BCUT2D eigenvalue weighted by molar-refractivity contribution is -0.126. The summed E-state index contributed by atoms with van der Waals surface area (Å²) in [6.07, 6.45) is 0.0280. The van der Waals surface area contributed by atoms with Crippen LogP contribution in [0.2, 0.25) is 0 Å². The molecule has 0 unspecified atom stereocenters. The number of rotatable bonds is 3. The van der Waals surface area contributed by atoms with Crippen molar-refractivity contribution in [2.24, 2.45) is 0 Å². The number of hydrogen-bond donors (Lipinski definition) is 0. The van der Waals surface area contributed by atoms with E-state index in [-0.39, 0.29) is 5.91 Å². The summed E-state index contributed by atoms with van der Waals surface area (Å²) in [6.45, 7) is 2.25. The van der Waals surface area contributed by atoms with Gasteiger partial charge in [-0.3, -0.25) is 4.79 Å². The molecular weight excluding hydrogens is 278 g/mol. The lowest BCUT2D eigenvalue weighted by Gasteiger charge is -2.21. The number of para-hydroxylation sites is 1. The maximum Gasteiger partial charge on any atom is 0.338 e. The Labute approximate surface area is 129 Å².